The lowest BCUT2D eigenvalue weighted by atomic mass is 10.0. The Morgan fingerprint density at radius 2 is 0.844 bits per heavy atom. The first-order valence-electron chi connectivity index (χ1n) is 27.9. The minimum Gasteiger partial charge on any atom is -0.462 e. The van der Waals surface area contributed by atoms with Crippen molar-refractivity contribution in [2.45, 2.75) is 302 Å². The van der Waals surface area contributed by atoms with Gasteiger partial charge in [-0.05, 0) is 44.9 Å². The first-order valence-corrected chi connectivity index (χ1v) is 27.9. The number of ether oxygens (including phenoxy) is 1. The highest BCUT2D eigenvalue weighted by atomic mass is 16.5. The summed E-state index contributed by atoms with van der Waals surface area (Å²) in [7, 11) is 0. The third-order valence-electron chi connectivity index (χ3n) is 12.8. The van der Waals surface area contributed by atoms with Crippen molar-refractivity contribution in [3.63, 3.8) is 0 Å². The zero-order valence-electron chi connectivity index (χ0n) is 42.7. The fraction of sp³-hybridized carbons (Fsp3) is 0.828. The van der Waals surface area contributed by atoms with E-state index in [1.807, 2.05) is 24.3 Å². The van der Waals surface area contributed by atoms with Crippen LogP contribution in [0.15, 0.2) is 48.6 Å². The van der Waals surface area contributed by atoms with Gasteiger partial charge in [-0.25, -0.2) is 0 Å². The molecule has 0 aromatic carbocycles. The number of hydrogen-bond donors (Lipinski definition) is 3. The molecule has 0 aliphatic carbocycles. The van der Waals surface area contributed by atoms with E-state index in [4.69, 9.17) is 4.74 Å². The van der Waals surface area contributed by atoms with Crippen LogP contribution in [0.1, 0.15) is 284 Å². The van der Waals surface area contributed by atoms with E-state index in [1.54, 1.807) is 0 Å². The number of esters is 1. The lowest BCUT2D eigenvalue weighted by molar-refractivity contribution is -0.151. The van der Waals surface area contributed by atoms with Crippen molar-refractivity contribution < 1.29 is 24.5 Å². The molecule has 0 aliphatic rings. The van der Waals surface area contributed by atoms with E-state index in [-0.39, 0.29) is 24.9 Å². The maximum Gasteiger partial charge on any atom is 0.306 e. The van der Waals surface area contributed by atoms with Crippen LogP contribution in [0, 0.1) is 0 Å². The highest BCUT2D eigenvalue weighted by molar-refractivity contribution is 5.77. The maximum atomic E-state index is 13.2. The quantitative estimate of drug-likeness (QED) is 0.0321. The summed E-state index contributed by atoms with van der Waals surface area (Å²) < 4.78 is 5.93. The summed E-state index contributed by atoms with van der Waals surface area (Å²) >= 11 is 0. The average Bonchev–Trinajstić information content (AvgIpc) is 3.29. The molecule has 0 aliphatic heterocycles. The monoisotopic (exact) mass is 898 g/mol. The number of carbonyl (C=O) groups excluding carboxylic acids is 2. The fourth-order valence-corrected chi connectivity index (χ4v) is 8.56. The van der Waals surface area contributed by atoms with E-state index in [9.17, 15) is 19.8 Å². The number of aliphatic hydroxyl groups is 2. The Labute approximate surface area is 397 Å². The van der Waals surface area contributed by atoms with Gasteiger partial charge in [0.1, 0.15) is 6.10 Å². The van der Waals surface area contributed by atoms with Crippen molar-refractivity contribution in [3.05, 3.63) is 48.6 Å². The van der Waals surface area contributed by atoms with Crippen LogP contribution in [0.5, 0.6) is 0 Å². The summed E-state index contributed by atoms with van der Waals surface area (Å²) in [5, 5.41) is 23.8. The molecule has 64 heavy (non-hydrogen) atoms. The number of hydrogen-bond acceptors (Lipinski definition) is 5. The summed E-state index contributed by atoms with van der Waals surface area (Å²) in [4.78, 5) is 26.2. The van der Waals surface area contributed by atoms with Gasteiger partial charge in [-0.1, -0.05) is 275 Å². The smallest absolute Gasteiger partial charge is 0.306 e. The van der Waals surface area contributed by atoms with Gasteiger partial charge >= 0.3 is 5.97 Å². The molecule has 1 amide bonds. The van der Waals surface area contributed by atoms with Crippen LogP contribution in [0.4, 0.5) is 0 Å². The number of amides is 1. The summed E-state index contributed by atoms with van der Waals surface area (Å²) in [6, 6.07) is -0.713. The van der Waals surface area contributed by atoms with E-state index in [1.165, 1.54) is 167 Å². The van der Waals surface area contributed by atoms with Gasteiger partial charge in [0, 0.05) is 6.42 Å². The molecule has 0 bridgehead atoms. The van der Waals surface area contributed by atoms with Crippen molar-refractivity contribution in [1.82, 2.24) is 5.32 Å². The Morgan fingerprint density at radius 3 is 1.28 bits per heavy atom. The van der Waals surface area contributed by atoms with Crippen LogP contribution in [-0.2, 0) is 14.3 Å². The first-order chi connectivity index (χ1) is 31.5. The number of unbranched alkanes of at least 4 members (excludes halogenated alkanes) is 33. The largest absolute Gasteiger partial charge is 0.462 e. The van der Waals surface area contributed by atoms with Gasteiger partial charge in [0.2, 0.25) is 5.91 Å². The Bertz CT molecular complexity index is 1100. The van der Waals surface area contributed by atoms with E-state index in [0.717, 1.165) is 70.6 Å². The molecule has 0 aromatic heterocycles. The number of rotatable bonds is 50. The van der Waals surface area contributed by atoms with Crippen LogP contribution in [0.3, 0.4) is 0 Å². The zero-order chi connectivity index (χ0) is 46.7. The molecular formula is C58H107NO5. The van der Waals surface area contributed by atoms with Gasteiger partial charge in [0.05, 0.1) is 25.2 Å². The predicted octanol–water partition coefficient (Wildman–Crippen LogP) is 17.0. The van der Waals surface area contributed by atoms with Crippen LogP contribution >= 0.6 is 0 Å². The molecule has 0 fully saturated rings. The van der Waals surface area contributed by atoms with Crippen LogP contribution in [0.2, 0.25) is 0 Å². The van der Waals surface area contributed by atoms with E-state index in [0.29, 0.717) is 19.3 Å². The third kappa shape index (κ3) is 46.4. The standard InChI is InChI=1S/C58H107NO5/c1-4-7-10-13-16-19-22-25-27-29-32-35-38-41-44-47-50-56(61)55(53-60)59-57(62)52-54(49-46-43-40-37-34-31-24-21-18-15-12-9-6-3)64-58(63)51-48-45-42-39-36-33-30-28-26-23-20-17-14-11-8-5-2/h9,12,15,18,21,24,31,34,54-56,60-61H,4-8,10-11,13-14,16-17,19-20,22-23,25-30,32-33,35-53H2,1-3H3,(H,59,62)/b12-9+,18-15+,24-21+,34-31-. The van der Waals surface area contributed by atoms with E-state index < -0.39 is 18.2 Å². The predicted molar refractivity (Wildman–Crippen MR) is 278 cm³/mol. The first kappa shape index (κ1) is 61.8. The molecule has 0 saturated heterocycles. The summed E-state index contributed by atoms with van der Waals surface area (Å²) in [5.74, 6) is -0.501. The van der Waals surface area contributed by atoms with Crippen molar-refractivity contribution in [3.8, 4) is 0 Å². The lowest BCUT2D eigenvalue weighted by Crippen LogP contribution is -2.46. The zero-order valence-corrected chi connectivity index (χ0v) is 42.7. The van der Waals surface area contributed by atoms with Crippen molar-refractivity contribution in [1.29, 1.82) is 0 Å². The molecule has 0 saturated carbocycles. The molecule has 3 N–H and O–H groups in total. The highest BCUT2D eigenvalue weighted by Crippen LogP contribution is 2.18. The topological polar surface area (TPSA) is 95.9 Å². The minimum atomic E-state index is -0.798. The molecule has 0 radical (unpaired) electrons. The summed E-state index contributed by atoms with van der Waals surface area (Å²) in [6.45, 7) is 6.36. The fourth-order valence-electron chi connectivity index (χ4n) is 8.56. The van der Waals surface area contributed by atoms with Crippen molar-refractivity contribution in [2.75, 3.05) is 6.61 Å². The van der Waals surface area contributed by atoms with Crippen molar-refractivity contribution >= 4 is 11.9 Å². The number of aliphatic hydroxyl groups excluding tert-OH is 2. The number of carbonyl (C=O) groups is 2. The maximum absolute atomic E-state index is 13.2. The van der Waals surface area contributed by atoms with E-state index >= 15 is 0 Å². The minimum absolute atomic E-state index is 0.0542. The molecule has 3 atom stereocenters. The molecule has 0 aromatic rings. The molecule has 6 heteroatoms. The molecule has 0 spiro atoms. The molecular weight excluding hydrogens is 791 g/mol. The second kappa shape index (κ2) is 51.8. The Balaban J connectivity index is 4.54. The summed E-state index contributed by atoms with van der Waals surface area (Å²) in [6.07, 6.45) is 63.2. The number of nitrogens with one attached hydrogen (secondary N) is 1. The number of allylic oxidation sites excluding steroid dienone is 8. The molecule has 6 nitrogen and oxygen atoms in total. The van der Waals surface area contributed by atoms with E-state index in [2.05, 4.69) is 50.4 Å². The lowest BCUT2D eigenvalue weighted by Gasteiger charge is -2.24. The second-order valence-corrected chi connectivity index (χ2v) is 19.1. The summed E-state index contributed by atoms with van der Waals surface area (Å²) in [5.41, 5.74) is 0. The van der Waals surface area contributed by atoms with Gasteiger partial charge in [0.25, 0.3) is 0 Å². The Hall–Kier alpha value is -2.18. The molecule has 3 unspecified atom stereocenters. The SMILES string of the molecule is CC/C=C/C=C/C=C/C=C\CCCCCC(CC(=O)NC(CO)C(O)CCCCCCCCCCCCCCCCCC)OC(=O)CCCCCCCCCCCCCCCCCC. The molecule has 0 heterocycles. The van der Waals surface area contributed by atoms with Crippen LogP contribution in [0.25, 0.3) is 0 Å². The van der Waals surface area contributed by atoms with Crippen LogP contribution in [-0.4, -0.2) is 46.9 Å². The van der Waals surface area contributed by atoms with Gasteiger partial charge in [-0.15, -0.1) is 0 Å². The molecule has 374 valence electrons. The Kier molecular flexibility index (Phi) is 50.0. The van der Waals surface area contributed by atoms with Gasteiger partial charge in [-0.3, -0.25) is 9.59 Å². The Morgan fingerprint density at radius 1 is 0.469 bits per heavy atom. The normalized spacial score (nSPS) is 13.5. The van der Waals surface area contributed by atoms with Crippen molar-refractivity contribution in [2.24, 2.45) is 0 Å². The van der Waals surface area contributed by atoms with Crippen LogP contribution < -0.4 is 5.32 Å². The molecule has 0 rings (SSSR count). The van der Waals surface area contributed by atoms with Gasteiger partial charge in [-0.2, -0.15) is 0 Å². The highest BCUT2D eigenvalue weighted by Gasteiger charge is 2.24. The average molecular weight is 898 g/mol. The van der Waals surface area contributed by atoms with Gasteiger partial charge < -0.3 is 20.3 Å². The van der Waals surface area contributed by atoms with Gasteiger partial charge in [0.15, 0.2) is 0 Å². The third-order valence-corrected chi connectivity index (χ3v) is 12.8. The second-order valence-electron chi connectivity index (χ2n) is 19.1.